The van der Waals surface area contributed by atoms with E-state index in [1.807, 2.05) is 18.2 Å². The second-order valence-corrected chi connectivity index (χ2v) is 7.24. The molecule has 1 heterocycles. The van der Waals surface area contributed by atoms with E-state index in [2.05, 4.69) is 17.4 Å². The second kappa shape index (κ2) is 7.04. The molecule has 2 aromatic carbocycles. The minimum Gasteiger partial charge on any atom is -0.377 e. The Morgan fingerprint density at radius 2 is 1.73 bits per heavy atom. The van der Waals surface area contributed by atoms with Crippen molar-refractivity contribution in [2.24, 2.45) is 11.8 Å². The number of carbonyl (C=O) groups excluding carboxylic acids is 2. The van der Waals surface area contributed by atoms with E-state index in [4.69, 9.17) is 4.74 Å². The summed E-state index contributed by atoms with van der Waals surface area (Å²) in [6.07, 6.45) is 2.10. The molecule has 1 saturated carbocycles. The average molecular weight is 349 g/mol. The first-order chi connectivity index (χ1) is 12.6. The topological polar surface area (TPSA) is 55.4 Å². The molecule has 1 aliphatic carbocycles. The highest BCUT2D eigenvalue weighted by Crippen LogP contribution is 2.45. The van der Waals surface area contributed by atoms with Gasteiger partial charge >= 0.3 is 0 Å². The van der Waals surface area contributed by atoms with Gasteiger partial charge in [-0.3, -0.25) is 9.59 Å². The van der Waals surface area contributed by atoms with Crippen molar-refractivity contribution in [3.8, 4) is 0 Å². The van der Waals surface area contributed by atoms with Crippen LogP contribution in [0, 0.1) is 11.8 Å². The Kier molecular flexibility index (Phi) is 4.60. The highest BCUT2D eigenvalue weighted by Gasteiger charge is 2.54. The second-order valence-electron chi connectivity index (χ2n) is 7.24. The summed E-state index contributed by atoms with van der Waals surface area (Å²) in [5, 5.41) is 3.20. The highest BCUT2D eigenvalue weighted by molar-refractivity contribution is 6.07. The van der Waals surface area contributed by atoms with Crippen LogP contribution in [-0.2, 0) is 11.2 Å². The van der Waals surface area contributed by atoms with Crippen LogP contribution in [0.3, 0.4) is 0 Å². The number of nitrogens with one attached hydrogen (secondary N) is 1. The van der Waals surface area contributed by atoms with Crippen molar-refractivity contribution >= 4 is 11.7 Å². The first-order valence-corrected chi connectivity index (χ1v) is 9.21. The predicted molar refractivity (Wildman–Crippen MR) is 99.2 cm³/mol. The Morgan fingerprint density at radius 3 is 2.46 bits per heavy atom. The maximum atomic E-state index is 12.9. The maximum Gasteiger partial charge on any atom is 0.252 e. The third kappa shape index (κ3) is 3.06. The van der Waals surface area contributed by atoms with Crippen molar-refractivity contribution in [2.75, 3.05) is 6.61 Å². The minimum absolute atomic E-state index is 0.0905. The molecule has 26 heavy (non-hydrogen) atoms. The molecule has 0 radical (unpaired) electrons. The number of amides is 1. The van der Waals surface area contributed by atoms with E-state index in [1.165, 1.54) is 12.5 Å². The number of Topliss-reactive ketones (excluding diaryl/α,β-unsaturated/α-hetero) is 1. The fraction of sp³-hybridized carbons (Fsp3) is 0.364. The first-order valence-electron chi connectivity index (χ1n) is 9.21. The Balaban J connectivity index is 1.52. The van der Waals surface area contributed by atoms with Crippen LogP contribution in [-0.4, -0.2) is 30.4 Å². The van der Waals surface area contributed by atoms with Gasteiger partial charge in [-0.2, -0.15) is 0 Å². The lowest BCUT2D eigenvalue weighted by Crippen LogP contribution is -2.62. The SMILES string of the molecule is CC(=O)c1ccccc1C(=O)N[C@@H]1[C@@H](Cc2ccccc2)[C@H]2OCC[C@@H]12. The van der Waals surface area contributed by atoms with Crippen LogP contribution in [0.2, 0.25) is 0 Å². The lowest BCUT2D eigenvalue weighted by molar-refractivity contribution is -0.0528. The molecule has 2 aromatic rings. The van der Waals surface area contributed by atoms with E-state index in [-0.39, 0.29) is 29.8 Å². The van der Waals surface area contributed by atoms with E-state index in [0.29, 0.717) is 17.0 Å². The molecule has 0 aromatic heterocycles. The summed E-state index contributed by atoms with van der Waals surface area (Å²) in [6.45, 7) is 2.26. The van der Waals surface area contributed by atoms with Gasteiger partial charge in [-0.15, -0.1) is 0 Å². The number of hydrogen-bond acceptors (Lipinski definition) is 3. The smallest absolute Gasteiger partial charge is 0.252 e. The summed E-state index contributed by atoms with van der Waals surface area (Å²) in [4.78, 5) is 24.7. The standard InChI is InChI=1S/C22H23NO3/c1-14(24)16-9-5-6-10-17(16)22(25)23-20-18-11-12-26-21(18)19(20)13-15-7-3-2-4-8-15/h2-10,18-21H,11-13H2,1H3,(H,23,25)/t18-,19+,20-,21-/m0/s1. The van der Waals surface area contributed by atoms with Crippen molar-refractivity contribution in [2.45, 2.75) is 31.9 Å². The maximum absolute atomic E-state index is 12.9. The fourth-order valence-electron chi connectivity index (χ4n) is 4.39. The molecule has 1 saturated heterocycles. The van der Waals surface area contributed by atoms with Crippen molar-refractivity contribution in [1.82, 2.24) is 5.32 Å². The van der Waals surface area contributed by atoms with Gasteiger partial charge in [-0.05, 0) is 31.4 Å². The van der Waals surface area contributed by atoms with Gasteiger partial charge in [-0.25, -0.2) is 0 Å². The largest absolute Gasteiger partial charge is 0.377 e. The van der Waals surface area contributed by atoms with Gasteiger partial charge in [0, 0.05) is 30.0 Å². The van der Waals surface area contributed by atoms with Crippen LogP contribution >= 0.6 is 0 Å². The number of benzene rings is 2. The zero-order valence-electron chi connectivity index (χ0n) is 14.9. The molecule has 4 heteroatoms. The number of fused-ring (bicyclic) bond motifs is 1. The number of rotatable bonds is 5. The third-order valence-corrected chi connectivity index (χ3v) is 5.69. The van der Waals surface area contributed by atoms with Crippen LogP contribution in [0.1, 0.15) is 39.6 Å². The van der Waals surface area contributed by atoms with Crippen molar-refractivity contribution in [1.29, 1.82) is 0 Å². The Morgan fingerprint density at radius 1 is 1.04 bits per heavy atom. The van der Waals surface area contributed by atoms with Gasteiger partial charge in [0.1, 0.15) is 0 Å². The van der Waals surface area contributed by atoms with Gasteiger partial charge in [0.25, 0.3) is 5.91 Å². The van der Waals surface area contributed by atoms with Crippen molar-refractivity contribution in [3.63, 3.8) is 0 Å². The molecule has 4 nitrogen and oxygen atoms in total. The quantitative estimate of drug-likeness (QED) is 0.843. The van der Waals surface area contributed by atoms with Gasteiger partial charge in [-0.1, -0.05) is 48.5 Å². The normalized spacial score (nSPS) is 26.7. The molecule has 1 N–H and O–H groups in total. The summed E-state index contributed by atoms with van der Waals surface area (Å²) in [5.41, 5.74) is 2.19. The summed E-state index contributed by atoms with van der Waals surface area (Å²) in [5.74, 6) is 0.395. The molecule has 4 atom stereocenters. The molecule has 0 unspecified atom stereocenters. The van der Waals surface area contributed by atoms with E-state index in [1.54, 1.807) is 24.3 Å². The van der Waals surface area contributed by atoms with E-state index < -0.39 is 0 Å². The van der Waals surface area contributed by atoms with Gasteiger partial charge in [0.2, 0.25) is 0 Å². The number of ether oxygens (including phenoxy) is 1. The monoisotopic (exact) mass is 349 g/mol. The van der Waals surface area contributed by atoms with E-state index in [9.17, 15) is 9.59 Å². The summed E-state index contributed by atoms with van der Waals surface area (Å²) < 4.78 is 5.91. The summed E-state index contributed by atoms with van der Waals surface area (Å²) in [6, 6.07) is 17.4. The fourth-order valence-corrected chi connectivity index (χ4v) is 4.39. The third-order valence-electron chi connectivity index (χ3n) is 5.69. The van der Waals surface area contributed by atoms with Gasteiger partial charge in [0.05, 0.1) is 11.7 Å². The summed E-state index contributed by atoms with van der Waals surface area (Å²) in [7, 11) is 0. The first kappa shape index (κ1) is 17.0. The lowest BCUT2D eigenvalue weighted by Gasteiger charge is -2.48. The molecule has 1 amide bonds. The molecule has 1 aliphatic heterocycles. The van der Waals surface area contributed by atoms with Crippen LogP contribution in [0.15, 0.2) is 54.6 Å². The molecule has 2 aliphatic rings. The highest BCUT2D eigenvalue weighted by atomic mass is 16.5. The van der Waals surface area contributed by atoms with Gasteiger partial charge < -0.3 is 10.1 Å². The Bertz CT molecular complexity index is 817. The van der Waals surface area contributed by atoms with Crippen LogP contribution < -0.4 is 5.32 Å². The number of ketones is 1. The zero-order valence-corrected chi connectivity index (χ0v) is 14.9. The molecule has 0 bridgehead atoms. The zero-order chi connectivity index (χ0) is 18.1. The van der Waals surface area contributed by atoms with Crippen LogP contribution in [0.5, 0.6) is 0 Å². The Hall–Kier alpha value is -2.46. The van der Waals surface area contributed by atoms with Crippen LogP contribution in [0.4, 0.5) is 0 Å². The lowest BCUT2D eigenvalue weighted by atomic mass is 9.64. The van der Waals surface area contributed by atoms with Crippen LogP contribution in [0.25, 0.3) is 0 Å². The average Bonchev–Trinajstić information content (AvgIpc) is 3.09. The summed E-state index contributed by atoms with van der Waals surface area (Å²) >= 11 is 0. The van der Waals surface area contributed by atoms with Gasteiger partial charge in [0.15, 0.2) is 5.78 Å². The van der Waals surface area contributed by atoms with Crippen molar-refractivity contribution < 1.29 is 14.3 Å². The number of carbonyl (C=O) groups is 2. The number of hydrogen-bond donors (Lipinski definition) is 1. The predicted octanol–water partition coefficient (Wildman–Crippen LogP) is 3.27. The van der Waals surface area contributed by atoms with E-state index >= 15 is 0 Å². The molecular weight excluding hydrogens is 326 g/mol. The molecule has 2 fully saturated rings. The molecule has 134 valence electrons. The van der Waals surface area contributed by atoms with Crippen molar-refractivity contribution in [3.05, 3.63) is 71.3 Å². The molecule has 4 rings (SSSR count). The molecule has 0 spiro atoms. The Labute approximate surface area is 153 Å². The minimum atomic E-state index is -0.163. The molecular formula is C22H23NO3. The van der Waals surface area contributed by atoms with E-state index in [0.717, 1.165) is 19.4 Å².